The second-order valence-electron chi connectivity index (χ2n) is 2.95. The van der Waals surface area contributed by atoms with Gasteiger partial charge in [0.2, 0.25) is 0 Å². The van der Waals surface area contributed by atoms with Crippen LogP contribution in [-0.4, -0.2) is 0 Å². The van der Waals surface area contributed by atoms with Crippen molar-refractivity contribution < 1.29 is 4.42 Å². The van der Waals surface area contributed by atoms with E-state index < -0.39 is 0 Å². The Bertz CT molecular complexity index is 393. The van der Waals surface area contributed by atoms with E-state index in [2.05, 4.69) is 0 Å². The van der Waals surface area contributed by atoms with Gasteiger partial charge in [0.15, 0.2) is 5.22 Å². The second kappa shape index (κ2) is 3.97. The van der Waals surface area contributed by atoms with Gasteiger partial charge in [0.25, 0.3) is 0 Å². The molecule has 0 radical (unpaired) electrons. The van der Waals surface area contributed by atoms with Gasteiger partial charge in [-0.05, 0) is 42.8 Å². The first-order chi connectivity index (χ1) is 6.66. The average molecular weight is 247 g/mol. The lowest BCUT2D eigenvalue weighted by atomic mass is 10.3. The topological polar surface area (TPSA) is 13.1 Å². The summed E-state index contributed by atoms with van der Waals surface area (Å²) in [7, 11) is 0. The minimum Gasteiger partial charge on any atom is -0.448 e. The van der Waals surface area contributed by atoms with Crippen molar-refractivity contribution >= 4 is 34.5 Å². The number of hydrogen-bond donors (Lipinski definition) is 0. The summed E-state index contributed by atoms with van der Waals surface area (Å²) in [5.74, 6) is 0.693. The maximum Gasteiger partial charge on any atom is 0.193 e. The summed E-state index contributed by atoms with van der Waals surface area (Å²) in [6.45, 7) is 2.05. The van der Waals surface area contributed by atoms with Crippen LogP contribution in [0.15, 0.2) is 28.7 Å². The van der Waals surface area contributed by atoms with Gasteiger partial charge in [-0.1, -0.05) is 0 Å². The summed E-state index contributed by atoms with van der Waals surface area (Å²) in [6, 6.07) is 7.55. The van der Waals surface area contributed by atoms with Crippen LogP contribution in [-0.2, 0) is 0 Å². The fraction of sp³-hybridized carbons (Fsp3) is 0.200. The maximum atomic E-state index is 6.22. The Labute approximate surface area is 96.3 Å². The van der Waals surface area contributed by atoms with Crippen LogP contribution in [0.1, 0.15) is 20.9 Å². The van der Waals surface area contributed by atoms with Crippen molar-refractivity contribution in [1.29, 1.82) is 0 Å². The van der Waals surface area contributed by atoms with Crippen LogP contribution in [0.25, 0.3) is 0 Å². The zero-order valence-electron chi connectivity index (χ0n) is 7.46. The van der Waals surface area contributed by atoms with Gasteiger partial charge in [0, 0.05) is 9.75 Å². The van der Waals surface area contributed by atoms with E-state index in [1.807, 2.05) is 19.1 Å². The molecular weight excluding hydrogens is 239 g/mol. The summed E-state index contributed by atoms with van der Waals surface area (Å²) in [5.41, 5.74) is 0. The molecule has 2 aromatic rings. The van der Waals surface area contributed by atoms with Gasteiger partial charge < -0.3 is 4.42 Å². The first kappa shape index (κ1) is 10.1. The Hall–Kier alpha value is -0.440. The van der Waals surface area contributed by atoms with E-state index in [4.69, 9.17) is 27.6 Å². The minimum absolute atomic E-state index is 0.235. The van der Waals surface area contributed by atoms with Crippen molar-refractivity contribution in [2.75, 3.05) is 0 Å². The third-order valence-corrected chi connectivity index (χ3v) is 3.70. The highest BCUT2D eigenvalue weighted by Gasteiger charge is 2.16. The van der Waals surface area contributed by atoms with Crippen molar-refractivity contribution in [1.82, 2.24) is 0 Å². The molecule has 0 saturated heterocycles. The number of thiophene rings is 1. The number of aryl methyl sites for hydroxylation is 1. The van der Waals surface area contributed by atoms with Crippen molar-refractivity contribution in [2.24, 2.45) is 0 Å². The molecule has 0 N–H and O–H groups in total. The quantitative estimate of drug-likeness (QED) is 0.705. The van der Waals surface area contributed by atoms with Crippen LogP contribution in [0.2, 0.25) is 5.22 Å². The minimum atomic E-state index is -0.235. The molecule has 14 heavy (non-hydrogen) atoms. The third kappa shape index (κ3) is 1.97. The van der Waals surface area contributed by atoms with Crippen molar-refractivity contribution in [2.45, 2.75) is 12.3 Å². The van der Waals surface area contributed by atoms with Crippen LogP contribution >= 0.6 is 34.5 Å². The van der Waals surface area contributed by atoms with Gasteiger partial charge in [-0.2, -0.15) is 0 Å². The molecule has 0 spiro atoms. The molecule has 0 fully saturated rings. The summed E-state index contributed by atoms with van der Waals surface area (Å²) < 4.78 is 5.25. The van der Waals surface area contributed by atoms with Crippen LogP contribution in [0.3, 0.4) is 0 Å². The van der Waals surface area contributed by atoms with Crippen LogP contribution in [0.5, 0.6) is 0 Å². The highest BCUT2D eigenvalue weighted by molar-refractivity contribution is 7.12. The molecular formula is C10H8Cl2OS. The zero-order valence-corrected chi connectivity index (χ0v) is 9.79. The molecule has 0 aliphatic rings. The number of halogens is 2. The van der Waals surface area contributed by atoms with Gasteiger partial charge >= 0.3 is 0 Å². The van der Waals surface area contributed by atoms with E-state index in [9.17, 15) is 0 Å². The first-order valence-corrected chi connectivity index (χ1v) is 5.75. The smallest absolute Gasteiger partial charge is 0.193 e. The maximum absolute atomic E-state index is 6.22. The molecule has 74 valence electrons. The van der Waals surface area contributed by atoms with Gasteiger partial charge in [0.1, 0.15) is 11.1 Å². The Kier molecular flexibility index (Phi) is 2.86. The van der Waals surface area contributed by atoms with E-state index in [1.54, 1.807) is 23.5 Å². The molecule has 1 atom stereocenters. The molecule has 2 aromatic heterocycles. The Morgan fingerprint density at radius 2 is 2.07 bits per heavy atom. The standard InChI is InChI=1S/C10H8Cl2OS/c1-6-2-4-8(14-6)10(12)7-3-5-9(11)13-7/h2-5,10H,1H3. The predicted molar refractivity (Wildman–Crippen MR) is 60.5 cm³/mol. The summed E-state index contributed by atoms with van der Waals surface area (Å²) in [4.78, 5) is 2.32. The van der Waals surface area contributed by atoms with Crippen LogP contribution in [0, 0.1) is 6.92 Å². The van der Waals surface area contributed by atoms with Gasteiger partial charge in [-0.25, -0.2) is 0 Å². The van der Waals surface area contributed by atoms with Gasteiger partial charge in [-0.15, -0.1) is 22.9 Å². The van der Waals surface area contributed by atoms with Crippen molar-refractivity contribution in [3.8, 4) is 0 Å². The summed E-state index contributed by atoms with van der Waals surface area (Å²) >= 11 is 13.6. The monoisotopic (exact) mass is 246 g/mol. The molecule has 2 rings (SSSR count). The Morgan fingerprint density at radius 3 is 2.57 bits per heavy atom. The number of hydrogen-bond acceptors (Lipinski definition) is 2. The lowest BCUT2D eigenvalue weighted by Gasteiger charge is -2.01. The normalized spacial score (nSPS) is 13.1. The molecule has 1 unspecified atom stereocenters. The molecule has 1 nitrogen and oxygen atoms in total. The number of rotatable bonds is 2. The molecule has 0 aliphatic heterocycles. The molecule has 0 amide bonds. The van der Waals surface area contributed by atoms with Gasteiger partial charge in [-0.3, -0.25) is 0 Å². The van der Waals surface area contributed by atoms with E-state index in [0.717, 1.165) is 4.88 Å². The van der Waals surface area contributed by atoms with E-state index >= 15 is 0 Å². The van der Waals surface area contributed by atoms with Crippen molar-refractivity contribution in [3.63, 3.8) is 0 Å². The molecule has 0 aromatic carbocycles. The lowest BCUT2D eigenvalue weighted by molar-refractivity contribution is 0.519. The van der Waals surface area contributed by atoms with Crippen LogP contribution in [0.4, 0.5) is 0 Å². The zero-order chi connectivity index (χ0) is 10.1. The summed E-state index contributed by atoms with van der Waals surface area (Å²) in [5, 5.41) is 0.139. The van der Waals surface area contributed by atoms with E-state index in [1.165, 1.54) is 4.88 Å². The number of alkyl halides is 1. The van der Waals surface area contributed by atoms with E-state index in [-0.39, 0.29) is 5.38 Å². The van der Waals surface area contributed by atoms with E-state index in [0.29, 0.717) is 11.0 Å². The average Bonchev–Trinajstić information content (AvgIpc) is 2.73. The molecule has 4 heteroatoms. The highest BCUT2D eigenvalue weighted by Crippen LogP contribution is 2.34. The second-order valence-corrected chi connectivity index (χ2v) is 5.08. The first-order valence-electron chi connectivity index (χ1n) is 4.12. The molecule has 0 aliphatic carbocycles. The largest absolute Gasteiger partial charge is 0.448 e. The van der Waals surface area contributed by atoms with Gasteiger partial charge in [0.05, 0.1) is 0 Å². The SMILES string of the molecule is Cc1ccc(C(Cl)c2ccc(Cl)o2)s1. The van der Waals surface area contributed by atoms with Crippen molar-refractivity contribution in [3.05, 3.63) is 45.0 Å². The Balaban J connectivity index is 2.28. The predicted octanol–water partition coefficient (Wildman–Crippen LogP) is 4.63. The fourth-order valence-electron chi connectivity index (χ4n) is 1.19. The fourth-order valence-corrected chi connectivity index (χ4v) is 2.53. The molecule has 0 saturated carbocycles. The van der Waals surface area contributed by atoms with Crippen LogP contribution < -0.4 is 0 Å². The summed E-state index contributed by atoms with van der Waals surface area (Å²) in [6.07, 6.45) is 0. The molecule has 2 heterocycles. The molecule has 0 bridgehead atoms. The third-order valence-electron chi connectivity index (χ3n) is 1.85. The number of furan rings is 1. The highest BCUT2D eigenvalue weighted by atomic mass is 35.5. The Morgan fingerprint density at radius 1 is 1.29 bits per heavy atom. The lowest BCUT2D eigenvalue weighted by Crippen LogP contribution is -1.85.